The molecule has 1 aliphatic carbocycles. The van der Waals surface area contributed by atoms with Crippen LogP contribution < -0.4 is 10.6 Å². The van der Waals surface area contributed by atoms with Gasteiger partial charge in [-0.15, -0.1) is 0 Å². The molecule has 0 unspecified atom stereocenters. The Hall–Kier alpha value is -1.85. The first-order valence-corrected chi connectivity index (χ1v) is 8.01. The van der Waals surface area contributed by atoms with Gasteiger partial charge in [0.1, 0.15) is 11.4 Å². The molecule has 0 saturated heterocycles. The van der Waals surface area contributed by atoms with Crippen molar-refractivity contribution in [3.8, 4) is 0 Å². The number of hydrogen-bond acceptors (Lipinski definition) is 3. The number of hydrogen-bond donors (Lipinski definition) is 2. The fourth-order valence-corrected chi connectivity index (χ4v) is 3.41. The van der Waals surface area contributed by atoms with E-state index in [1.54, 1.807) is 0 Å². The summed E-state index contributed by atoms with van der Waals surface area (Å²) in [5.74, 6) is 1.14. The molecule has 0 spiro atoms. The molecular formula is C16H24N4O2. The molecule has 120 valence electrons. The van der Waals surface area contributed by atoms with Crippen LogP contribution in [-0.2, 0) is 22.6 Å². The van der Waals surface area contributed by atoms with Gasteiger partial charge in [0.15, 0.2) is 0 Å². The number of carbonyl (C=O) groups excluding carboxylic acids is 2. The lowest BCUT2D eigenvalue weighted by atomic mass is 9.93. The number of fused-ring (bicyclic) bond motifs is 1. The summed E-state index contributed by atoms with van der Waals surface area (Å²) in [7, 11) is 0. The van der Waals surface area contributed by atoms with Crippen LogP contribution in [0.4, 0.5) is 0 Å². The highest BCUT2D eigenvalue weighted by Gasteiger charge is 2.48. The number of nitrogens with one attached hydrogen (secondary N) is 2. The summed E-state index contributed by atoms with van der Waals surface area (Å²) >= 11 is 0. The van der Waals surface area contributed by atoms with Gasteiger partial charge < -0.3 is 15.2 Å². The molecule has 1 aromatic heterocycles. The summed E-state index contributed by atoms with van der Waals surface area (Å²) in [5, 5.41) is 5.99. The van der Waals surface area contributed by atoms with Crippen molar-refractivity contribution in [3.63, 3.8) is 0 Å². The summed E-state index contributed by atoms with van der Waals surface area (Å²) in [6.07, 6.45) is 5.79. The van der Waals surface area contributed by atoms with E-state index >= 15 is 0 Å². The lowest BCUT2D eigenvalue weighted by Gasteiger charge is -2.33. The van der Waals surface area contributed by atoms with Crippen molar-refractivity contribution >= 4 is 11.8 Å². The summed E-state index contributed by atoms with van der Waals surface area (Å²) in [5.41, 5.74) is 0.236. The highest BCUT2D eigenvalue weighted by atomic mass is 16.2. The van der Waals surface area contributed by atoms with E-state index in [1.165, 1.54) is 6.92 Å². The number of nitrogens with zero attached hydrogens (tertiary/aromatic N) is 2. The second kappa shape index (κ2) is 5.41. The van der Waals surface area contributed by atoms with Gasteiger partial charge in [0.05, 0.1) is 5.69 Å². The van der Waals surface area contributed by atoms with Gasteiger partial charge in [-0.2, -0.15) is 0 Å². The SMILES string of the molecule is CC(=O)N[C@@](C)(C(=O)N[C@H]1CCc2nc(C)cn2C1)C1CC1. The number of carbonyl (C=O) groups is 2. The van der Waals surface area contributed by atoms with Crippen LogP contribution in [0.5, 0.6) is 0 Å². The number of aryl methyl sites for hydroxylation is 2. The molecule has 2 aliphatic rings. The number of rotatable bonds is 4. The molecule has 0 aromatic carbocycles. The van der Waals surface area contributed by atoms with E-state index in [1.807, 2.05) is 20.0 Å². The van der Waals surface area contributed by atoms with E-state index in [0.29, 0.717) is 0 Å². The van der Waals surface area contributed by atoms with E-state index in [9.17, 15) is 9.59 Å². The summed E-state index contributed by atoms with van der Waals surface area (Å²) in [4.78, 5) is 28.7. The second-order valence-corrected chi connectivity index (χ2v) is 6.82. The summed E-state index contributed by atoms with van der Waals surface area (Å²) in [6, 6.07) is 0.0976. The molecule has 3 rings (SSSR count). The maximum absolute atomic E-state index is 12.7. The van der Waals surface area contributed by atoms with Crippen molar-refractivity contribution < 1.29 is 9.59 Å². The Bertz CT molecular complexity index is 605. The molecule has 6 nitrogen and oxygen atoms in total. The van der Waals surface area contributed by atoms with Gasteiger partial charge >= 0.3 is 0 Å². The van der Waals surface area contributed by atoms with E-state index in [-0.39, 0.29) is 23.8 Å². The molecule has 2 heterocycles. The highest BCUT2D eigenvalue weighted by molar-refractivity contribution is 5.91. The Morgan fingerprint density at radius 2 is 2.09 bits per heavy atom. The van der Waals surface area contributed by atoms with E-state index < -0.39 is 5.54 Å². The molecule has 1 aliphatic heterocycles. The van der Waals surface area contributed by atoms with E-state index in [2.05, 4.69) is 20.2 Å². The van der Waals surface area contributed by atoms with Crippen LogP contribution in [0.1, 0.15) is 44.6 Å². The van der Waals surface area contributed by atoms with Crippen LogP contribution in [0.2, 0.25) is 0 Å². The third kappa shape index (κ3) is 2.87. The van der Waals surface area contributed by atoms with Crippen LogP contribution in [-0.4, -0.2) is 32.9 Å². The smallest absolute Gasteiger partial charge is 0.246 e. The van der Waals surface area contributed by atoms with Gasteiger partial charge in [-0.1, -0.05) is 0 Å². The Kier molecular flexibility index (Phi) is 3.70. The predicted molar refractivity (Wildman–Crippen MR) is 82.2 cm³/mol. The fourth-order valence-electron chi connectivity index (χ4n) is 3.41. The number of imidazole rings is 1. The quantitative estimate of drug-likeness (QED) is 0.869. The first-order chi connectivity index (χ1) is 10.4. The molecule has 2 amide bonds. The Balaban J connectivity index is 1.67. The molecule has 2 atom stereocenters. The van der Waals surface area contributed by atoms with Crippen molar-refractivity contribution in [1.82, 2.24) is 20.2 Å². The van der Waals surface area contributed by atoms with Gasteiger partial charge in [0.2, 0.25) is 11.8 Å². The lowest BCUT2D eigenvalue weighted by Crippen LogP contribution is -2.60. The first-order valence-electron chi connectivity index (χ1n) is 8.01. The second-order valence-electron chi connectivity index (χ2n) is 6.82. The maximum atomic E-state index is 12.7. The Morgan fingerprint density at radius 1 is 1.36 bits per heavy atom. The van der Waals surface area contributed by atoms with Crippen molar-refractivity contribution in [2.24, 2.45) is 5.92 Å². The van der Waals surface area contributed by atoms with Gasteiger partial charge in [0, 0.05) is 32.1 Å². The standard InChI is InChI=1S/C16H24N4O2/c1-10-8-20-9-13(6-7-14(20)17-10)18-15(22)16(3,12-4-5-12)19-11(2)21/h8,12-13H,4-7,9H2,1-3H3,(H,18,22)(H,19,21)/t13-,16+/m0/s1. The zero-order valence-electron chi connectivity index (χ0n) is 13.5. The molecular weight excluding hydrogens is 280 g/mol. The third-order valence-corrected chi connectivity index (χ3v) is 4.75. The van der Waals surface area contributed by atoms with Crippen molar-refractivity contribution in [1.29, 1.82) is 0 Å². The molecule has 6 heteroatoms. The summed E-state index contributed by atoms with van der Waals surface area (Å²) < 4.78 is 2.12. The minimum Gasteiger partial charge on any atom is -0.350 e. The largest absolute Gasteiger partial charge is 0.350 e. The molecule has 2 N–H and O–H groups in total. The molecule has 0 radical (unpaired) electrons. The zero-order valence-corrected chi connectivity index (χ0v) is 13.5. The van der Waals surface area contributed by atoms with E-state index in [0.717, 1.165) is 43.7 Å². The molecule has 22 heavy (non-hydrogen) atoms. The zero-order chi connectivity index (χ0) is 15.9. The molecule has 1 fully saturated rings. The Morgan fingerprint density at radius 3 is 2.73 bits per heavy atom. The Labute approximate surface area is 130 Å². The van der Waals surface area contributed by atoms with Crippen LogP contribution in [0.3, 0.4) is 0 Å². The number of aromatic nitrogens is 2. The van der Waals surface area contributed by atoms with Gasteiger partial charge in [-0.25, -0.2) is 4.98 Å². The lowest BCUT2D eigenvalue weighted by molar-refractivity contribution is -0.133. The monoisotopic (exact) mass is 304 g/mol. The normalized spacial score (nSPS) is 23.3. The van der Waals surface area contributed by atoms with Crippen LogP contribution in [0, 0.1) is 12.8 Å². The average Bonchev–Trinajstić information content (AvgIpc) is 3.20. The van der Waals surface area contributed by atoms with Gasteiger partial charge in [-0.3, -0.25) is 9.59 Å². The van der Waals surface area contributed by atoms with Crippen molar-refractivity contribution in [2.75, 3.05) is 0 Å². The molecule has 1 aromatic rings. The van der Waals surface area contributed by atoms with Crippen LogP contribution >= 0.6 is 0 Å². The third-order valence-electron chi connectivity index (χ3n) is 4.75. The van der Waals surface area contributed by atoms with Crippen LogP contribution in [0.15, 0.2) is 6.20 Å². The number of amides is 2. The van der Waals surface area contributed by atoms with E-state index in [4.69, 9.17) is 0 Å². The minimum atomic E-state index is -0.781. The average molecular weight is 304 g/mol. The van der Waals surface area contributed by atoms with Crippen LogP contribution in [0.25, 0.3) is 0 Å². The van der Waals surface area contributed by atoms with Gasteiger partial charge in [-0.05, 0) is 39.0 Å². The maximum Gasteiger partial charge on any atom is 0.246 e. The summed E-state index contributed by atoms with van der Waals surface area (Å²) in [6.45, 7) is 6.05. The molecule has 1 saturated carbocycles. The minimum absolute atomic E-state index is 0.0597. The molecule has 0 bridgehead atoms. The first kappa shape index (κ1) is 15.1. The highest BCUT2D eigenvalue weighted by Crippen LogP contribution is 2.39. The topological polar surface area (TPSA) is 76.0 Å². The fraction of sp³-hybridized carbons (Fsp3) is 0.688. The van der Waals surface area contributed by atoms with Crippen molar-refractivity contribution in [2.45, 2.75) is 64.6 Å². The van der Waals surface area contributed by atoms with Gasteiger partial charge in [0.25, 0.3) is 0 Å². The van der Waals surface area contributed by atoms with Crippen molar-refractivity contribution in [3.05, 3.63) is 17.7 Å². The predicted octanol–water partition coefficient (Wildman–Crippen LogP) is 0.927.